The van der Waals surface area contributed by atoms with Crippen molar-refractivity contribution in [3.63, 3.8) is 0 Å². The third kappa shape index (κ3) is 3.55. The van der Waals surface area contributed by atoms with Crippen molar-refractivity contribution in [3.8, 4) is 17.1 Å². The van der Waals surface area contributed by atoms with E-state index in [9.17, 15) is 0 Å². The molecule has 28 heavy (non-hydrogen) atoms. The van der Waals surface area contributed by atoms with Crippen molar-refractivity contribution in [2.75, 3.05) is 25.1 Å². The van der Waals surface area contributed by atoms with E-state index in [0.717, 1.165) is 66.2 Å². The number of aryl methyl sites for hydroxylation is 3. The number of imidazole rings is 1. The molecule has 0 saturated heterocycles. The number of rotatable bonds is 8. The van der Waals surface area contributed by atoms with Gasteiger partial charge in [-0.2, -0.15) is 0 Å². The highest BCUT2D eigenvalue weighted by Gasteiger charge is 2.21. The number of hydrogen-bond acceptors (Lipinski definition) is 5. The van der Waals surface area contributed by atoms with E-state index in [1.54, 1.807) is 7.11 Å². The maximum Gasteiger partial charge on any atom is 0.213 e. The minimum Gasteiger partial charge on any atom is -0.481 e. The van der Waals surface area contributed by atoms with Crippen LogP contribution in [-0.2, 0) is 6.42 Å². The lowest BCUT2D eigenvalue weighted by molar-refractivity contribution is 0.396. The van der Waals surface area contributed by atoms with Crippen molar-refractivity contribution < 1.29 is 4.74 Å². The number of methoxy groups -OCH3 is 1. The first-order valence-electron chi connectivity index (χ1n) is 10.2. The molecule has 6 nitrogen and oxygen atoms in total. The zero-order valence-corrected chi connectivity index (χ0v) is 17.9. The number of hydrogen-bond donors (Lipinski definition) is 0. The number of fused-ring (bicyclic) bond motifs is 1. The molecule has 0 radical (unpaired) electrons. The quantitative estimate of drug-likeness (QED) is 0.570. The average Bonchev–Trinajstić information content (AvgIpc) is 3.06. The van der Waals surface area contributed by atoms with E-state index >= 15 is 0 Å². The molecule has 3 aromatic rings. The van der Waals surface area contributed by atoms with Gasteiger partial charge in [-0.05, 0) is 38.7 Å². The van der Waals surface area contributed by atoms with Crippen LogP contribution in [0.1, 0.15) is 50.6 Å². The van der Waals surface area contributed by atoms with Gasteiger partial charge in [0.25, 0.3) is 0 Å². The van der Waals surface area contributed by atoms with Crippen LogP contribution in [0.5, 0.6) is 5.88 Å². The average molecular weight is 382 g/mol. The molecule has 0 aliphatic heterocycles. The van der Waals surface area contributed by atoms with Gasteiger partial charge in [-0.15, -0.1) is 0 Å². The zero-order valence-electron chi connectivity index (χ0n) is 17.9. The van der Waals surface area contributed by atoms with Gasteiger partial charge in [-0.25, -0.2) is 9.97 Å². The van der Waals surface area contributed by atoms with Gasteiger partial charge in [-0.1, -0.05) is 20.8 Å². The molecule has 0 aliphatic carbocycles. The molecule has 3 aromatic heterocycles. The summed E-state index contributed by atoms with van der Waals surface area (Å²) in [5.41, 5.74) is 5.91. The fourth-order valence-electron chi connectivity index (χ4n) is 3.88. The third-order valence-corrected chi connectivity index (χ3v) is 5.03. The van der Waals surface area contributed by atoms with Crippen LogP contribution in [0.25, 0.3) is 16.9 Å². The Hall–Kier alpha value is -2.63. The lowest BCUT2D eigenvalue weighted by atomic mass is 10.0. The molecule has 0 aromatic carbocycles. The maximum absolute atomic E-state index is 5.32. The monoisotopic (exact) mass is 381 g/mol. The fourth-order valence-corrected chi connectivity index (χ4v) is 3.88. The number of pyridine rings is 1. The van der Waals surface area contributed by atoms with Gasteiger partial charge < -0.3 is 9.64 Å². The molecule has 0 spiro atoms. The summed E-state index contributed by atoms with van der Waals surface area (Å²) >= 11 is 0. The topological polar surface area (TPSA) is 55.5 Å². The Bertz CT molecular complexity index is 934. The summed E-state index contributed by atoms with van der Waals surface area (Å²) in [4.78, 5) is 16.8. The maximum atomic E-state index is 5.32. The Morgan fingerprint density at radius 2 is 1.79 bits per heavy atom. The summed E-state index contributed by atoms with van der Waals surface area (Å²) in [5, 5.41) is 0. The van der Waals surface area contributed by atoms with Gasteiger partial charge in [0, 0.05) is 37.1 Å². The Labute approximate surface area is 167 Å². The van der Waals surface area contributed by atoms with Gasteiger partial charge in [0.15, 0.2) is 5.65 Å². The van der Waals surface area contributed by atoms with Gasteiger partial charge in [0.1, 0.15) is 11.5 Å². The van der Waals surface area contributed by atoms with E-state index in [2.05, 4.69) is 42.0 Å². The third-order valence-electron chi connectivity index (χ3n) is 5.03. The van der Waals surface area contributed by atoms with Crippen molar-refractivity contribution >= 4 is 11.5 Å². The van der Waals surface area contributed by atoms with Crippen LogP contribution in [0.3, 0.4) is 0 Å². The molecule has 0 aliphatic rings. The second-order valence-corrected chi connectivity index (χ2v) is 7.13. The summed E-state index contributed by atoms with van der Waals surface area (Å²) in [7, 11) is 1.64. The lowest BCUT2D eigenvalue weighted by Gasteiger charge is -2.24. The van der Waals surface area contributed by atoms with Gasteiger partial charge in [0.2, 0.25) is 5.88 Å². The van der Waals surface area contributed by atoms with Crippen molar-refractivity contribution in [1.29, 1.82) is 0 Å². The smallest absolute Gasteiger partial charge is 0.213 e. The van der Waals surface area contributed by atoms with Crippen LogP contribution in [0.4, 0.5) is 5.82 Å². The van der Waals surface area contributed by atoms with Gasteiger partial charge in [-0.3, -0.25) is 9.38 Å². The van der Waals surface area contributed by atoms with E-state index in [1.807, 2.05) is 25.4 Å². The summed E-state index contributed by atoms with van der Waals surface area (Å²) in [6.45, 7) is 12.7. The SMILES string of the molecule is CCCN(CCC)c1c(CC)nc2c(-c3c(C)cc(OC)nc3C)nccn12. The van der Waals surface area contributed by atoms with Crippen LogP contribution in [0.2, 0.25) is 0 Å². The van der Waals surface area contributed by atoms with E-state index in [1.165, 1.54) is 5.82 Å². The predicted octanol–water partition coefficient (Wildman–Crippen LogP) is 4.61. The zero-order chi connectivity index (χ0) is 20.3. The predicted molar refractivity (Wildman–Crippen MR) is 114 cm³/mol. The van der Waals surface area contributed by atoms with Gasteiger partial charge >= 0.3 is 0 Å². The normalized spacial score (nSPS) is 11.2. The largest absolute Gasteiger partial charge is 0.481 e. The second kappa shape index (κ2) is 8.59. The summed E-state index contributed by atoms with van der Waals surface area (Å²) in [6, 6.07) is 1.96. The first-order valence-corrected chi connectivity index (χ1v) is 10.2. The number of aromatic nitrogens is 4. The first kappa shape index (κ1) is 20.1. The standard InChI is InChI=1S/C22H31N5O/c1-7-11-26(12-8-2)22-17(9-3)25-21-20(23-10-13-27(21)22)19-15(4)14-18(28-6)24-16(19)5/h10,13-14H,7-9,11-12H2,1-6H3. The number of anilines is 1. The molecule has 6 heteroatoms. The molecule has 0 amide bonds. The molecule has 150 valence electrons. The highest BCUT2D eigenvalue weighted by Crippen LogP contribution is 2.33. The molecular formula is C22H31N5O. The minimum atomic E-state index is 0.626. The van der Waals surface area contributed by atoms with Crippen molar-refractivity contribution in [2.45, 2.75) is 53.9 Å². The molecule has 0 saturated carbocycles. The highest BCUT2D eigenvalue weighted by atomic mass is 16.5. The molecule has 0 unspecified atom stereocenters. The summed E-state index contributed by atoms with van der Waals surface area (Å²) < 4.78 is 7.53. The second-order valence-electron chi connectivity index (χ2n) is 7.13. The molecule has 3 heterocycles. The molecule has 0 N–H and O–H groups in total. The van der Waals surface area contributed by atoms with Gasteiger partial charge in [0.05, 0.1) is 18.5 Å². The van der Waals surface area contributed by atoms with E-state index in [0.29, 0.717) is 5.88 Å². The van der Waals surface area contributed by atoms with Crippen LogP contribution in [-0.4, -0.2) is 39.6 Å². The fraction of sp³-hybridized carbons (Fsp3) is 0.500. The number of nitrogens with zero attached hydrogens (tertiary/aromatic N) is 5. The Morgan fingerprint density at radius 1 is 1.07 bits per heavy atom. The molecule has 0 fully saturated rings. The Balaban J connectivity index is 2.25. The summed E-state index contributed by atoms with van der Waals surface area (Å²) in [5.74, 6) is 1.82. The number of ether oxygens (including phenoxy) is 1. The van der Waals surface area contributed by atoms with Crippen LogP contribution < -0.4 is 9.64 Å². The molecule has 0 bridgehead atoms. The molecule has 0 atom stereocenters. The van der Waals surface area contributed by atoms with E-state index < -0.39 is 0 Å². The van der Waals surface area contributed by atoms with Crippen molar-refractivity contribution in [3.05, 3.63) is 35.4 Å². The van der Waals surface area contributed by atoms with Crippen molar-refractivity contribution in [1.82, 2.24) is 19.4 Å². The summed E-state index contributed by atoms with van der Waals surface area (Å²) in [6.07, 6.45) is 7.00. The van der Waals surface area contributed by atoms with Crippen LogP contribution in [0.15, 0.2) is 18.5 Å². The van der Waals surface area contributed by atoms with Crippen LogP contribution >= 0.6 is 0 Å². The lowest BCUT2D eigenvalue weighted by Crippen LogP contribution is -2.27. The van der Waals surface area contributed by atoms with E-state index in [-0.39, 0.29) is 0 Å². The molecular weight excluding hydrogens is 350 g/mol. The Morgan fingerprint density at radius 3 is 2.36 bits per heavy atom. The highest BCUT2D eigenvalue weighted by molar-refractivity contribution is 5.80. The Kier molecular flexibility index (Phi) is 6.17. The van der Waals surface area contributed by atoms with Crippen LogP contribution in [0, 0.1) is 13.8 Å². The minimum absolute atomic E-state index is 0.626. The first-order chi connectivity index (χ1) is 13.5. The molecule has 3 rings (SSSR count). The van der Waals surface area contributed by atoms with Crippen molar-refractivity contribution in [2.24, 2.45) is 0 Å². The van der Waals surface area contributed by atoms with E-state index in [4.69, 9.17) is 14.7 Å².